The van der Waals surface area contributed by atoms with Crippen LogP contribution >= 0.6 is 11.8 Å². The van der Waals surface area contributed by atoms with Crippen LogP contribution in [0.3, 0.4) is 0 Å². The summed E-state index contributed by atoms with van der Waals surface area (Å²) in [5.41, 5.74) is -0.403. The number of likely N-dealkylation sites (tertiary alicyclic amines) is 1. The molecule has 1 N–H and O–H groups in total. The van der Waals surface area contributed by atoms with Gasteiger partial charge < -0.3 is 15.0 Å². The Balaban J connectivity index is 1.71. The molecule has 0 bridgehead atoms. The summed E-state index contributed by atoms with van der Waals surface area (Å²) in [7, 11) is 0. The molecule has 128 valence electrons. The zero-order chi connectivity index (χ0) is 16.0. The molecule has 5 heteroatoms. The quantitative estimate of drug-likeness (QED) is 0.861. The Morgan fingerprint density at radius 2 is 1.91 bits per heavy atom. The maximum absolute atomic E-state index is 12.2. The molecule has 22 heavy (non-hydrogen) atoms. The lowest BCUT2D eigenvalue weighted by Crippen LogP contribution is -2.38. The first kappa shape index (κ1) is 17.9. The number of nitrogens with zero attached hydrogens (tertiary/aromatic N) is 1. The summed E-state index contributed by atoms with van der Waals surface area (Å²) in [6, 6.07) is 0.557. The Labute approximate surface area is 139 Å². The van der Waals surface area contributed by atoms with E-state index in [2.05, 4.69) is 17.1 Å². The van der Waals surface area contributed by atoms with Gasteiger partial charge in [-0.25, -0.2) is 4.79 Å². The van der Waals surface area contributed by atoms with Crippen molar-refractivity contribution in [3.8, 4) is 0 Å². The van der Waals surface area contributed by atoms with E-state index in [1.165, 1.54) is 30.8 Å². The van der Waals surface area contributed by atoms with Gasteiger partial charge in [-0.05, 0) is 76.8 Å². The van der Waals surface area contributed by atoms with E-state index < -0.39 is 5.60 Å². The summed E-state index contributed by atoms with van der Waals surface area (Å²) in [6.45, 7) is 8.57. The minimum Gasteiger partial charge on any atom is -0.444 e. The highest BCUT2D eigenvalue weighted by Gasteiger charge is 2.25. The molecule has 1 unspecified atom stereocenters. The van der Waals surface area contributed by atoms with Crippen molar-refractivity contribution in [1.29, 1.82) is 0 Å². The maximum Gasteiger partial charge on any atom is 0.410 e. The molecule has 2 aliphatic heterocycles. The van der Waals surface area contributed by atoms with Crippen molar-refractivity contribution in [3.63, 3.8) is 0 Å². The summed E-state index contributed by atoms with van der Waals surface area (Å²) >= 11 is 2.09. The Hall–Kier alpha value is -0.420. The smallest absolute Gasteiger partial charge is 0.410 e. The molecule has 0 aromatic rings. The molecule has 0 aliphatic carbocycles. The molecule has 2 aliphatic rings. The highest BCUT2D eigenvalue weighted by molar-refractivity contribution is 7.99. The highest BCUT2D eigenvalue weighted by atomic mass is 32.2. The molecule has 0 aromatic heterocycles. The van der Waals surface area contributed by atoms with Crippen LogP contribution in [0.15, 0.2) is 0 Å². The Bertz CT molecular complexity index is 351. The van der Waals surface area contributed by atoms with E-state index in [4.69, 9.17) is 4.74 Å². The molecule has 2 heterocycles. The molecular formula is C17H32N2O2S. The van der Waals surface area contributed by atoms with E-state index in [0.29, 0.717) is 6.04 Å². The summed E-state index contributed by atoms with van der Waals surface area (Å²) in [6.07, 6.45) is 5.83. The molecule has 1 atom stereocenters. The van der Waals surface area contributed by atoms with E-state index in [-0.39, 0.29) is 6.09 Å². The van der Waals surface area contributed by atoms with E-state index in [0.717, 1.165) is 38.4 Å². The zero-order valence-corrected chi connectivity index (χ0v) is 15.2. The SMILES string of the molecule is CC(C)(C)OC(=O)N1CCCC(NCC2CCSCC2)CC1. The fourth-order valence-electron chi connectivity index (χ4n) is 3.09. The molecule has 0 radical (unpaired) electrons. The largest absolute Gasteiger partial charge is 0.444 e. The van der Waals surface area contributed by atoms with Crippen LogP contribution in [0.4, 0.5) is 4.79 Å². The second-order valence-electron chi connectivity index (χ2n) is 7.56. The first-order chi connectivity index (χ1) is 10.4. The second kappa shape index (κ2) is 8.44. The molecule has 0 spiro atoms. The Morgan fingerprint density at radius 1 is 1.18 bits per heavy atom. The average molecular weight is 329 g/mol. The maximum atomic E-state index is 12.2. The van der Waals surface area contributed by atoms with Crippen molar-refractivity contribution < 1.29 is 9.53 Å². The Morgan fingerprint density at radius 3 is 2.59 bits per heavy atom. The van der Waals surface area contributed by atoms with Gasteiger partial charge in [0, 0.05) is 19.1 Å². The zero-order valence-electron chi connectivity index (χ0n) is 14.4. The highest BCUT2D eigenvalue weighted by Crippen LogP contribution is 2.22. The van der Waals surface area contributed by atoms with Crippen molar-refractivity contribution >= 4 is 17.9 Å². The third-order valence-electron chi connectivity index (χ3n) is 4.42. The number of nitrogens with one attached hydrogen (secondary N) is 1. The van der Waals surface area contributed by atoms with Crippen LogP contribution in [0, 0.1) is 5.92 Å². The van der Waals surface area contributed by atoms with Crippen molar-refractivity contribution in [2.75, 3.05) is 31.1 Å². The summed E-state index contributed by atoms with van der Waals surface area (Å²) in [5.74, 6) is 3.50. The van der Waals surface area contributed by atoms with Gasteiger partial charge in [-0.15, -0.1) is 0 Å². The molecule has 0 aromatic carbocycles. The number of hydrogen-bond acceptors (Lipinski definition) is 4. The second-order valence-corrected chi connectivity index (χ2v) is 8.78. The lowest BCUT2D eigenvalue weighted by atomic mass is 10.0. The van der Waals surface area contributed by atoms with Crippen molar-refractivity contribution in [2.45, 2.75) is 64.5 Å². The first-order valence-corrected chi connectivity index (χ1v) is 9.88. The van der Waals surface area contributed by atoms with Gasteiger partial charge in [0.1, 0.15) is 5.60 Å². The first-order valence-electron chi connectivity index (χ1n) is 8.73. The topological polar surface area (TPSA) is 41.6 Å². The molecule has 4 nitrogen and oxygen atoms in total. The van der Waals surface area contributed by atoms with Gasteiger partial charge in [-0.3, -0.25) is 0 Å². The van der Waals surface area contributed by atoms with E-state index in [9.17, 15) is 4.79 Å². The third-order valence-corrected chi connectivity index (χ3v) is 5.46. The number of hydrogen-bond donors (Lipinski definition) is 1. The number of carbonyl (C=O) groups is 1. The number of rotatable bonds is 3. The van der Waals surface area contributed by atoms with Crippen LogP contribution in [0.5, 0.6) is 0 Å². The van der Waals surface area contributed by atoms with E-state index in [1.807, 2.05) is 25.7 Å². The number of carbonyl (C=O) groups excluding carboxylic acids is 1. The van der Waals surface area contributed by atoms with Gasteiger partial charge in [-0.2, -0.15) is 11.8 Å². The lowest BCUT2D eigenvalue weighted by Gasteiger charge is -2.27. The van der Waals surface area contributed by atoms with Gasteiger partial charge in [0.2, 0.25) is 0 Å². The Kier molecular flexibility index (Phi) is 6.87. The van der Waals surface area contributed by atoms with Crippen molar-refractivity contribution in [3.05, 3.63) is 0 Å². The minimum absolute atomic E-state index is 0.155. The summed E-state index contributed by atoms with van der Waals surface area (Å²) in [5, 5.41) is 3.75. The molecule has 2 saturated heterocycles. The third kappa shape index (κ3) is 6.37. The van der Waals surface area contributed by atoms with Crippen LogP contribution in [0.1, 0.15) is 52.9 Å². The van der Waals surface area contributed by atoms with Crippen LogP contribution in [0.2, 0.25) is 0 Å². The molecule has 2 rings (SSSR count). The van der Waals surface area contributed by atoms with Crippen LogP contribution in [-0.4, -0.2) is 53.8 Å². The van der Waals surface area contributed by atoms with Crippen LogP contribution in [-0.2, 0) is 4.74 Å². The minimum atomic E-state index is -0.403. The summed E-state index contributed by atoms with van der Waals surface area (Å²) < 4.78 is 5.49. The number of ether oxygens (including phenoxy) is 1. The van der Waals surface area contributed by atoms with Crippen LogP contribution in [0.25, 0.3) is 0 Å². The van der Waals surface area contributed by atoms with Crippen LogP contribution < -0.4 is 5.32 Å². The normalized spacial score (nSPS) is 24.9. The fraction of sp³-hybridized carbons (Fsp3) is 0.941. The molecule has 1 amide bonds. The van der Waals surface area contributed by atoms with Gasteiger partial charge >= 0.3 is 6.09 Å². The predicted molar refractivity (Wildman–Crippen MR) is 93.5 cm³/mol. The van der Waals surface area contributed by atoms with Gasteiger partial charge in [0.25, 0.3) is 0 Å². The number of thioether (sulfide) groups is 1. The van der Waals surface area contributed by atoms with Gasteiger partial charge in [-0.1, -0.05) is 0 Å². The molecule has 2 fully saturated rings. The lowest BCUT2D eigenvalue weighted by molar-refractivity contribution is 0.0256. The van der Waals surface area contributed by atoms with E-state index >= 15 is 0 Å². The monoisotopic (exact) mass is 328 g/mol. The number of amides is 1. The molecule has 0 saturated carbocycles. The van der Waals surface area contributed by atoms with Gasteiger partial charge in [0.15, 0.2) is 0 Å². The van der Waals surface area contributed by atoms with E-state index in [1.54, 1.807) is 0 Å². The fourth-order valence-corrected chi connectivity index (χ4v) is 4.30. The standard InChI is InChI=1S/C17H32N2O2S/c1-17(2,3)21-16(20)19-9-4-5-15(6-10-19)18-13-14-7-11-22-12-8-14/h14-15,18H,4-13H2,1-3H3. The summed E-state index contributed by atoms with van der Waals surface area (Å²) in [4.78, 5) is 14.0. The average Bonchev–Trinajstić information content (AvgIpc) is 2.70. The van der Waals surface area contributed by atoms with Crippen molar-refractivity contribution in [1.82, 2.24) is 10.2 Å². The molecular weight excluding hydrogens is 296 g/mol. The van der Waals surface area contributed by atoms with Gasteiger partial charge in [0.05, 0.1) is 0 Å². The predicted octanol–water partition coefficient (Wildman–Crippen LogP) is 3.51. The van der Waals surface area contributed by atoms with Crippen molar-refractivity contribution in [2.24, 2.45) is 5.92 Å².